The van der Waals surface area contributed by atoms with E-state index in [9.17, 15) is 15.2 Å². The molecule has 0 heterocycles. The highest BCUT2D eigenvalue weighted by atomic mass is 16.6. The standard InChI is InChI=1S/C15H14N2O3/c1-10-3-4-11(2)13(7-10)16-9-12-5-6-15(18)14(8-12)17(19)20/h3-9,18H,1-2H3. The number of hydrogen-bond donors (Lipinski definition) is 1. The number of aryl methyl sites for hydroxylation is 2. The Morgan fingerprint density at radius 1 is 1.20 bits per heavy atom. The van der Waals surface area contributed by atoms with Crippen molar-refractivity contribution in [2.45, 2.75) is 13.8 Å². The van der Waals surface area contributed by atoms with E-state index in [1.807, 2.05) is 32.0 Å². The van der Waals surface area contributed by atoms with E-state index in [-0.39, 0.29) is 11.4 Å². The number of rotatable bonds is 3. The molecule has 20 heavy (non-hydrogen) atoms. The molecule has 0 aliphatic carbocycles. The van der Waals surface area contributed by atoms with Crippen molar-refractivity contribution in [3.05, 3.63) is 63.2 Å². The van der Waals surface area contributed by atoms with Gasteiger partial charge >= 0.3 is 5.69 Å². The van der Waals surface area contributed by atoms with Crippen LogP contribution >= 0.6 is 0 Å². The number of hydrogen-bond acceptors (Lipinski definition) is 4. The Morgan fingerprint density at radius 3 is 2.65 bits per heavy atom. The summed E-state index contributed by atoms with van der Waals surface area (Å²) in [5.74, 6) is -0.348. The molecular formula is C15H14N2O3. The van der Waals surface area contributed by atoms with Gasteiger partial charge in [0.15, 0.2) is 5.75 Å². The van der Waals surface area contributed by atoms with Crippen LogP contribution in [0.5, 0.6) is 5.75 Å². The average molecular weight is 270 g/mol. The van der Waals surface area contributed by atoms with Gasteiger partial charge in [0.05, 0.1) is 10.6 Å². The van der Waals surface area contributed by atoms with Crippen LogP contribution < -0.4 is 0 Å². The van der Waals surface area contributed by atoms with Crippen LogP contribution in [0.4, 0.5) is 11.4 Å². The molecule has 5 nitrogen and oxygen atoms in total. The van der Waals surface area contributed by atoms with Gasteiger partial charge in [-0.15, -0.1) is 0 Å². The van der Waals surface area contributed by atoms with Gasteiger partial charge in [-0.2, -0.15) is 0 Å². The summed E-state index contributed by atoms with van der Waals surface area (Å²) in [6, 6.07) is 10.1. The lowest BCUT2D eigenvalue weighted by Gasteiger charge is -2.01. The number of nitro benzene ring substituents is 1. The second kappa shape index (κ2) is 5.52. The minimum absolute atomic E-state index is 0.324. The van der Waals surface area contributed by atoms with E-state index in [0.717, 1.165) is 16.8 Å². The van der Waals surface area contributed by atoms with E-state index in [0.29, 0.717) is 5.56 Å². The fourth-order valence-corrected chi connectivity index (χ4v) is 1.77. The predicted octanol–water partition coefficient (Wildman–Crippen LogP) is 3.67. The maximum atomic E-state index is 10.7. The van der Waals surface area contributed by atoms with Crippen LogP contribution in [0.2, 0.25) is 0 Å². The fourth-order valence-electron chi connectivity index (χ4n) is 1.77. The number of phenolic OH excluding ortho intramolecular Hbond substituents is 1. The van der Waals surface area contributed by atoms with E-state index in [1.165, 1.54) is 12.1 Å². The SMILES string of the molecule is Cc1ccc(C)c(N=Cc2ccc(O)c([N+](=O)[O-])c2)c1. The van der Waals surface area contributed by atoms with Gasteiger partial charge in [0.2, 0.25) is 0 Å². The highest BCUT2D eigenvalue weighted by Crippen LogP contribution is 2.26. The quantitative estimate of drug-likeness (QED) is 0.525. The first-order valence-electron chi connectivity index (χ1n) is 6.06. The van der Waals surface area contributed by atoms with Crippen LogP contribution in [0.3, 0.4) is 0 Å². The highest BCUT2D eigenvalue weighted by molar-refractivity contribution is 5.84. The third-order valence-electron chi connectivity index (χ3n) is 2.91. The topological polar surface area (TPSA) is 75.7 Å². The zero-order valence-electron chi connectivity index (χ0n) is 11.2. The van der Waals surface area contributed by atoms with E-state index in [4.69, 9.17) is 0 Å². The van der Waals surface area contributed by atoms with Crippen LogP contribution in [0.25, 0.3) is 0 Å². The number of aliphatic imine (C=N–C) groups is 1. The lowest BCUT2D eigenvalue weighted by atomic mass is 10.1. The molecule has 2 aromatic rings. The number of phenols is 1. The number of nitrogens with zero attached hydrogens (tertiary/aromatic N) is 2. The minimum atomic E-state index is -0.620. The van der Waals surface area contributed by atoms with Crippen LogP contribution in [-0.2, 0) is 0 Å². The van der Waals surface area contributed by atoms with Crippen molar-refractivity contribution in [2.75, 3.05) is 0 Å². The molecule has 0 radical (unpaired) electrons. The third kappa shape index (κ3) is 3.00. The van der Waals surface area contributed by atoms with Crippen molar-refractivity contribution in [3.8, 4) is 5.75 Å². The van der Waals surface area contributed by atoms with Crippen molar-refractivity contribution in [1.82, 2.24) is 0 Å². The molecule has 0 unspecified atom stereocenters. The molecular weight excluding hydrogens is 256 g/mol. The van der Waals surface area contributed by atoms with Gasteiger partial charge in [0.1, 0.15) is 0 Å². The van der Waals surface area contributed by atoms with Gasteiger partial charge < -0.3 is 5.11 Å². The zero-order chi connectivity index (χ0) is 14.7. The number of nitro groups is 1. The van der Waals surface area contributed by atoms with E-state index in [1.54, 1.807) is 12.3 Å². The Labute approximate surface area is 116 Å². The second-order valence-electron chi connectivity index (χ2n) is 4.55. The highest BCUT2D eigenvalue weighted by Gasteiger charge is 2.12. The maximum Gasteiger partial charge on any atom is 0.311 e. The van der Waals surface area contributed by atoms with Crippen molar-refractivity contribution >= 4 is 17.6 Å². The Hall–Kier alpha value is -2.69. The smallest absolute Gasteiger partial charge is 0.311 e. The van der Waals surface area contributed by atoms with Crippen molar-refractivity contribution in [2.24, 2.45) is 4.99 Å². The maximum absolute atomic E-state index is 10.7. The predicted molar refractivity (Wildman–Crippen MR) is 77.9 cm³/mol. The van der Waals surface area contributed by atoms with Crippen molar-refractivity contribution in [1.29, 1.82) is 0 Å². The molecule has 0 spiro atoms. The lowest BCUT2D eigenvalue weighted by Crippen LogP contribution is -1.91. The molecule has 2 rings (SSSR count). The number of benzene rings is 2. The van der Waals surface area contributed by atoms with Crippen LogP contribution in [0, 0.1) is 24.0 Å². The van der Waals surface area contributed by atoms with E-state index in [2.05, 4.69) is 4.99 Å². The Morgan fingerprint density at radius 2 is 1.95 bits per heavy atom. The van der Waals surface area contributed by atoms with Crippen LogP contribution in [0.15, 0.2) is 41.4 Å². The number of aromatic hydroxyl groups is 1. The minimum Gasteiger partial charge on any atom is -0.502 e. The largest absolute Gasteiger partial charge is 0.502 e. The molecule has 5 heteroatoms. The van der Waals surface area contributed by atoms with Crippen molar-refractivity contribution in [3.63, 3.8) is 0 Å². The molecule has 0 atom stereocenters. The first-order valence-corrected chi connectivity index (χ1v) is 6.06. The van der Waals surface area contributed by atoms with Gasteiger partial charge in [0.25, 0.3) is 0 Å². The molecule has 0 saturated carbocycles. The Bertz CT molecular complexity index is 694. The summed E-state index contributed by atoms with van der Waals surface area (Å²) in [6.07, 6.45) is 1.55. The molecule has 0 fully saturated rings. The zero-order valence-corrected chi connectivity index (χ0v) is 11.2. The first kappa shape index (κ1) is 13.7. The Kier molecular flexibility index (Phi) is 3.79. The molecule has 1 N–H and O–H groups in total. The molecule has 0 saturated heterocycles. The molecule has 0 amide bonds. The molecule has 0 aliphatic rings. The van der Waals surface area contributed by atoms with Gasteiger partial charge in [-0.05, 0) is 48.7 Å². The summed E-state index contributed by atoms with van der Waals surface area (Å²) >= 11 is 0. The normalized spacial score (nSPS) is 10.9. The summed E-state index contributed by atoms with van der Waals surface area (Å²) < 4.78 is 0. The van der Waals surface area contributed by atoms with Crippen molar-refractivity contribution < 1.29 is 10.0 Å². The summed E-state index contributed by atoms with van der Waals surface area (Å²) in [6.45, 7) is 3.93. The average Bonchev–Trinajstić information content (AvgIpc) is 2.41. The van der Waals surface area contributed by atoms with E-state index < -0.39 is 4.92 Å². The molecule has 102 valence electrons. The summed E-state index contributed by atoms with van der Waals surface area (Å²) in [5.41, 5.74) is 3.19. The Balaban J connectivity index is 2.34. The molecule has 0 aliphatic heterocycles. The van der Waals surface area contributed by atoms with Gasteiger partial charge in [-0.3, -0.25) is 15.1 Å². The summed E-state index contributed by atoms with van der Waals surface area (Å²) in [5, 5.41) is 20.1. The molecule has 0 bridgehead atoms. The fraction of sp³-hybridized carbons (Fsp3) is 0.133. The third-order valence-corrected chi connectivity index (χ3v) is 2.91. The first-order chi connectivity index (χ1) is 9.47. The van der Waals surface area contributed by atoms with E-state index >= 15 is 0 Å². The van der Waals surface area contributed by atoms with Gasteiger partial charge in [0, 0.05) is 12.3 Å². The lowest BCUT2D eigenvalue weighted by molar-refractivity contribution is -0.385. The molecule has 0 aromatic heterocycles. The van der Waals surface area contributed by atoms with Crippen LogP contribution in [-0.4, -0.2) is 16.2 Å². The van der Waals surface area contributed by atoms with Gasteiger partial charge in [-0.1, -0.05) is 12.1 Å². The van der Waals surface area contributed by atoms with Crippen LogP contribution in [0.1, 0.15) is 16.7 Å². The summed E-state index contributed by atoms with van der Waals surface area (Å²) in [7, 11) is 0. The monoisotopic (exact) mass is 270 g/mol. The summed E-state index contributed by atoms with van der Waals surface area (Å²) in [4.78, 5) is 14.5. The second-order valence-corrected chi connectivity index (χ2v) is 4.55. The van der Waals surface area contributed by atoms with Gasteiger partial charge in [-0.25, -0.2) is 0 Å². The molecule has 2 aromatic carbocycles.